The average molecular weight is 223 g/mol. The molecule has 1 fully saturated rings. The lowest BCUT2D eigenvalue weighted by molar-refractivity contribution is 0.276. The summed E-state index contributed by atoms with van der Waals surface area (Å²) in [5, 5.41) is 7.75. The number of nitrogen functional groups attached to an aromatic ring is 1. The van der Waals surface area contributed by atoms with Gasteiger partial charge in [-0.15, -0.1) is 0 Å². The van der Waals surface area contributed by atoms with E-state index >= 15 is 0 Å². The third-order valence-electron chi connectivity index (χ3n) is 3.48. The summed E-state index contributed by atoms with van der Waals surface area (Å²) in [4.78, 5) is 4.25. The molecule has 1 aromatic heterocycles. The van der Waals surface area contributed by atoms with Crippen LogP contribution in [0.25, 0.3) is 0 Å². The van der Waals surface area contributed by atoms with Crippen molar-refractivity contribution in [3.8, 4) is 0 Å². The van der Waals surface area contributed by atoms with Gasteiger partial charge in [-0.2, -0.15) is 10.1 Å². The molecule has 0 aromatic carbocycles. The van der Waals surface area contributed by atoms with Crippen LogP contribution in [0.4, 0.5) is 5.95 Å². The molecular formula is C11H21N5. The lowest BCUT2D eigenvalue weighted by atomic mass is 9.85. The van der Waals surface area contributed by atoms with E-state index in [0.29, 0.717) is 11.9 Å². The van der Waals surface area contributed by atoms with E-state index in [2.05, 4.69) is 22.3 Å². The largest absolute Gasteiger partial charge is 0.368 e. The summed E-state index contributed by atoms with van der Waals surface area (Å²) in [6.45, 7) is 4.58. The standard InChI is InChI=1S/C11H21N5/c1-8(9-4-3-5-13-7-9)6-10-14-11(12)16(2)15-10/h8-9,13H,3-7H2,1-2H3,(H2,12,14,15). The maximum absolute atomic E-state index is 5.67. The number of piperidine rings is 1. The number of aromatic nitrogens is 3. The molecule has 0 amide bonds. The summed E-state index contributed by atoms with van der Waals surface area (Å²) in [5.74, 6) is 2.75. The van der Waals surface area contributed by atoms with Gasteiger partial charge in [0.25, 0.3) is 0 Å². The van der Waals surface area contributed by atoms with Crippen molar-refractivity contribution in [1.29, 1.82) is 0 Å². The second-order valence-corrected chi connectivity index (χ2v) is 4.80. The highest BCUT2D eigenvalue weighted by atomic mass is 15.4. The predicted molar refractivity (Wildman–Crippen MR) is 63.9 cm³/mol. The molecule has 0 saturated carbocycles. The zero-order chi connectivity index (χ0) is 11.5. The molecule has 0 bridgehead atoms. The predicted octanol–water partition coefficient (Wildman–Crippen LogP) is 0.575. The summed E-state index contributed by atoms with van der Waals surface area (Å²) in [5.41, 5.74) is 5.67. The monoisotopic (exact) mass is 223 g/mol. The van der Waals surface area contributed by atoms with Crippen LogP contribution in [0.5, 0.6) is 0 Å². The van der Waals surface area contributed by atoms with Gasteiger partial charge >= 0.3 is 0 Å². The molecule has 90 valence electrons. The zero-order valence-corrected chi connectivity index (χ0v) is 10.1. The highest BCUT2D eigenvalue weighted by Crippen LogP contribution is 2.22. The zero-order valence-electron chi connectivity index (χ0n) is 10.1. The van der Waals surface area contributed by atoms with Crippen LogP contribution in [0.1, 0.15) is 25.6 Å². The molecule has 2 unspecified atom stereocenters. The minimum absolute atomic E-state index is 0.504. The van der Waals surface area contributed by atoms with Gasteiger partial charge in [0, 0.05) is 13.5 Å². The molecule has 5 heteroatoms. The lowest BCUT2D eigenvalue weighted by Gasteiger charge is -2.27. The van der Waals surface area contributed by atoms with Gasteiger partial charge in [0.05, 0.1) is 0 Å². The van der Waals surface area contributed by atoms with Crippen LogP contribution in [0.15, 0.2) is 0 Å². The minimum atomic E-state index is 0.504. The fourth-order valence-electron chi connectivity index (χ4n) is 2.36. The van der Waals surface area contributed by atoms with Crippen molar-refractivity contribution in [2.75, 3.05) is 18.8 Å². The third kappa shape index (κ3) is 2.52. The number of hydrogen-bond donors (Lipinski definition) is 2. The van der Waals surface area contributed by atoms with Crippen molar-refractivity contribution in [3.63, 3.8) is 0 Å². The van der Waals surface area contributed by atoms with E-state index in [1.165, 1.54) is 12.8 Å². The maximum Gasteiger partial charge on any atom is 0.218 e. The Kier molecular flexibility index (Phi) is 3.43. The number of nitrogens with zero attached hydrogens (tertiary/aromatic N) is 3. The van der Waals surface area contributed by atoms with Crippen molar-refractivity contribution in [2.45, 2.75) is 26.2 Å². The molecule has 2 rings (SSSR count). The highest BCUT2D eigenvalue weighted by Gasteiger charge is 2.21. The van der Waals surface area contributed by atoms with Crippen molar-refractivity contribution in [2.24, 2.45) is 18.9 Å². The Hall–Kier alpha value is -1.10. The van der Waals surface area contributed by atoms with Gasteiger partial charge in [-0.1, -0.05) is 6.92 Å². The van der Waals surface area contributed by atoms with Crippen LogP contribution in [0.2, 0.25) is 0 Å². The van der Waals surface area contributed by atoms with E-state index in [9.17, 15) is 0 Å². The number of anilines is 1. The summed E-state index contributed by atoms with van der Waals surface area (Å²) in [7, 11) is 1.83. The SMILES string of the molecule is CC(Cc1nc(N)n(C)n1)C1CCCNC1. The molecule has 16 heavy (non-hydrogen) atoms. The normalized spacial score (nSPS) is 23.2. The quantitative estimate of drug-likeness (QED) is 0.786. The first-order valence-corrected chi connectivity index (χ1v) is 6.03. The Morgan fingerprint density at radius 3 is 3.00 bits per heavy atom. The molecule has 2 atom stereocenters. The first-order chi connectivity index (χ1) is 7.66. The first-order valence-electron chi connectivity index (χ1n) is 6.03. The van der Waals surface area contributed by atoms with Crippen molar-refractivity contribution >= 4 is 5.95 Å². The Labute approximate surface area is 96.4 Å². The van der Waals surface area contributed by atoms with Gasteiger partial charge < -0.3 is 11.1 Å². The van der Waals surface area contributed by atoms with Crippen molar-refractivity contribution in [3.05, 3.63) is 5.82 Å². The molecule has 0 radical (unpaired) electrons. The molecule has 1 saturated heterocycles. The summed E-state index contributed by atoms with van der Waals surface area (Å²) < 4.78 is 1.64. The Morgan fingerprint density at radius 1 is 1.62 bits per heavy atom. The van der Waals surface area contributed by atoms with Crippen molar-refractivity contribution in [1.82, 2.24) is 20.1 Å². The van der Waals surface area contributed by atoms with Crippen LogP contribution in [0.3, 0.4) is 0 Å². The summed E-state index contributed by atoms with van der Waals surface area (Å²) in [6.07, 6.45) is 3.53. The number of nitrogens with two attached hydrogens (primary N) is 1. The number of aryl methyl sites for hydroxylation is 1. The Morgan fingerprint density at radius 2 is 2.44 bits per heavy atom. The fraction of sp³-hybridized carbons (Fsp3) is 0.818. The van der Waals surface area contributed by atoms with Crippen LogP contribution in [0, 0.1) is 11.8 Å². The molecule has 5 nitrogen and oxygen atoms in total. The molecule has 0 aliphatic carbocycles. The first kappa shape index (κ1) is 11.4. The van der Waals surface area contributed by atoms with Gasteiger partial charge in [-0.3, -0.25) is 0 Å². The van der Waals surface area contributed by atoms with Gasteiger partial charge in [0.15, 0.2) is 5.82 Å². The number of hydrogen-bond acceptors (Lipinski definition) is 4. The van der Waals surface area contributed by atoms with Crippen LogP contribution in [-0.2, 0) is 13.5 Å². The van der Waals surface area contributed by atoms with E-state index in [-0.39, 0.29) is 0 Å². The van der Waals surface area contributed by atoms with Gasteiger partial charge in [-0.25, -0.2) is 4.68 Å². The number of nitrogens with one attached hydrogen (secondary N) is 1. The fourth-order valence-corrected chi connectivity index (χ4v) is 2.36. The molecule has 3 N–H and O–H groups in total. The van der Waals surface area contributed by atoms with Crippen molar-refractivity contribution < 1.29 is 0 Å². The Bertz CT molecular complexity index is 321. The average Bonchev–Trinajstić information content (AvgIpc) is 2.59. The second-order valence-electron chi connectivity index (χ2n) is 4.80. The molecule has 1 aliphatic heterocycles. The smallest absolute Gasteiger partial charge is 0.218 e. The van der Waals surface area contributed by atoms with Gasteiger partial charge in [0.1, 0.15) is 0 Å². The minimum Gasteiger partial charge on any atom is -0.368 e. The van der Waals surface area contributed by atoms with Crippen LogP contribution < -0.4 is 11.1 Å². The van der Waals surface area contributed by atoms with E-state index in [1.807, 2.05) is 7.05 Å². The summed E-state index contributed by atoms with van der Waals surface area (Å²) in [6, 6.07) is 0. The topological polar surface area (TPSA) is 68.8 Å². The van der Waals surface area contributed by atoms with E-state index in [0.717, 1.165) is 31.3 Å². The molecule has 1 aromatic rings. The van der Waals surface area contributed by atoms with Gasteiger partial charge in [-0.05, 0) is 37.8 Å². The highest BCUT2D eigenvalue weighted by molar-refractivity contribution is 5.15. The summed E-state index contributed by atoms with van der Waals surface area (Å²) >= 11 is 0. The number of rotatable bonds is 3. The second kappa shape index (κ2) is 4.82. The van der Waals surface area contributed by atoms with Crippen LogP contribution in [-0.4, -0.2) is 27.9 Å². The van der Waals surface area contributed by atoms with E-state index < -0.39 is 0 Å². The molecule has 2 heterocycles. The third-order valence-corrected chi connectivity index (χ3v) is 3.48. The van der Waals surface area contributed by atoms with Gasteiger partial charge in [0.2, 0.25) is 5.95 Å². The van der Waals surface area contributed by atoms with E-state index in [1.54, 1.807) is 4.68 Å². The van der Waals surface area contributed by atoms with Crippen LogP contribution >= 0.6 is 0 Å². The maximum atomic E-state index is 5.67. The lowest BCUT2D eigenvalue weighted by Crippen LogP contribution is -2.34. The molecule has 0 spiro atoms. The van der Waals surface area contributed by atoms with E-state index in [4.69, 9.17) is 5.73 Å². The molecule has 1 aliphatic rings. The Balaban J connectivity index is 1.93. The molecular weight excluding hydrogens is 202 g/mol.